The van der Waals surface area contributed by atoms with Gasteiger partial charge in [0.25, 0.3) is 5.91 Å². The van der Waals surface area contributed by atoms with Gasteiger partial charge in [-0.3, -0.25) is 9.63 Å². The normalized spacial score (nSPS) is 9.50. The van der Waals surface area contributed by atoms with E-state index in [1.165, 1.54) is 0 Å². The Balaban J connectivity index is 2.40. The van der Waals surface area contributed by atoms with E-state index in [0.29, 0.717) is 12.2 Å². The van der Waals surface area contributed by atoms with Gasteiger partial charge in [0.15, 0.2) is 0 Å². The van der Waals surface area contributed by atoms with Gasteiger partial charge in [0.1, 0.15) is 0 Å². The highest BCUT2D eigenvalue weighted by atomic mass is 16.6. The molecular weight excluding hydrogens is 178 g/mol. The Kier molecular flexibility index (Phi) is 3.88. The molecule has 0 atom stereocenters. The lowest BCUT2D eigenvalue weighted by molar-refractivity contribution is 0.0401. The molecule has 1 rings (SSSR count). The third-order valence-electron chi connectivity index (χ3n) is 1.52. The van der Waals surface area contributed by atoms with Crippen molar-refractivity contribution in [2.75, 3.05) is 6.61 Å². The largest absolute Gasteiger partial charge is 0.274 e. The van der Waals surface area contributed by atoms with Gasteiger partial charge in [0.2, 0.25) is 0 Å². The van der Waals surface area contributed by atoms with E-state index in [-0.39, 0.29) is 5.91 Å². The molecule has 1 aromatic carbocycles. The van der Waals surface area contributed by atoms with Gasteiger partial charge in [-0.25, -0.2) is 5.48 Å². The van der Waals surface area contributed by atoms with E-state index in [2.05, 4.69) is 12.1 Å². The smallest absolute Gasteiger partial charge is 0.269 e. The Hall–Kier alpha value is -1.61. The van der Waals surface area contributed by atoms with Crippen LogP contribution in [0.15, 0.2) is 42.5 Å². The molecule has 0 bridgehead atoms. The van der Waals surface area contributed by atoms with Crippen LogP contribution in [-0.4, -0.2) is 12.5 Å². The van der Waals surface area contributed by atoms with Crippen molar-refractivity contribution in [1.82, 2.24) is 5.48 Å². The average molecular weight is 191 g/mol. The summed E-state index contributed by atoms with van der Waals surface area (Å²) in [7, 11) is 0. The summed E-state index contributed by atoms with van der Waals surface area (Å²) in [5.41, 5.74) is 3.77. The molecule has 0 fully saturated rings. The summed E-state index contributed by atoms with van der Waals surface area (Å²) in [4.78, 5) is 16.3. The monoisotopic (exact) mass is 191 g/mol. The minimum Gasteiger partial charge on any atom is -0.269 e. The van der Waals surface area contributed by atoms with Crippen LogP contribution >= 0.6 is 0 Å². The number of carbonyl (C=O) groups excluding carboxylic acids is 1. The molecule has 0 saturated carbocycles. The van der Waals surface area contributed by atoms with E-state index in [1.54, 1.807) is 24.3 Å². The van der Waals surface area contributed by atoms with E-state index >= 15 is 0 Å². The Bertz CT molecular complexity index is 319. The minimum absolute atomic E-state index is 0.244. The quantitative estimate of drug-likeness (QED) is 0.583. The zero-order valence-electron chi connectivity index (χ0n) is 8.12. The van der Waals surface area contributed by atoms with Crippen molar-refractivity contribution in [2.45, 2.75) is 6.92 Å². The van der Waals surface area contributed by atoms with Gasteiger partial charge in [-0.15, -0.1) is 0 Å². The van der Waals surface area contributed by atoms with Crippen molar-refractivity contribution in [1.29, 1.82) is 0 Å². The third-order valence-corrected chi connectivity index (χ3v) is 1.52. The second-order valence-corrected chi connectivity index (χ2v) is 3.04. The topological polar surface area (TPSA) is 38.3 Å². The molecule has 14 heavy (non-hydrogen) atoms. The van der Waals surface area contributed by atoms with Crippen LogP contribution < -0.4 is 5.48 Å². The number of hydrogen-bond donors (Lipinski definition) is 1. The van der Waals surface area contributed by atoms with Crippen molar-refractivity contribution in [2.24, 2.45) is 0 Å². The summed E-state index contributed by atoms with van der Waals surface area (Å²) in [6.45, 7) is 5.81. The maximum Gasteiger partial charge on any atom is 0.274 e. The minimum atomic E-state index is -0.244. The first kappa shape index (κ1) is 10.5. The van der Waals surface area contributed by atoms with Gasteiger partial charge in [-0.2, -0.15) is 0 Å². The Morgan fingerprint density at radius 1 is 1.43 bits per heavy atom. The zero-order chi connectivity index (χ0) is 10.4. The van der Waals surface area contributed by atoms with Gasteiger partial charge in [0, 0.05) is 5.56 Å². The summed E-state index contributed by atoms with van der Waals surface area (Å²) in [6.07, 6.45) is 0. The summed E-state index contributed by atoms with van der Waals surface area (Å²) < 4.78 is 0. The molecule has 3 heteroatoms. The number of hydrogen-bond acceptors (Lipinski definition) is 2. The van der Waals surface area contributed by atoms with E-state index in [4.69, 9.17) is 4.84 Å². The van der Waals surface area contributed by atoms with Gasteiger partial charge in [0.05, 0.1) is 6.61 Å². The summed E-state index contributed by atoms with van der Waals surface area (Å²) in [5.74, 6) is -0.244. The zero-order valence-corrected chi connectivity index (χ0v) is 8.12. The number of hydroxylamine groups is 1. The molecule has 3 nitrogen and oxygen atoms in total. The lowest BCUT2D eigenvalue weighted by Gasteiger charge is -2.04. The molecule has 0 heterocycles. The first-order chi connectivity index (χ1) is 6.70. The van der Waals surface area contributed by atoms with Crippen molar-refractivity contribution >= 4 is 5.91 Å². The Labute approximate surface area is 83.3 Å². The molecule has 0 spiro atoms. The van der Waals surface area contributed by atoms with Crippen LogP contribution in [0.25, 0.3) is 0 Å². The molecule has 0 aliphatic carbocycles. The standard InChI is InChI=1S/C11H13NO2/c1-9(2)8-14-12-11(13)10-6-4-3-5-7-10/h3-7H,1,8H2,2H3,(H,12,13). The second kappa shape index (κ2) is 5.19. The molecule has 74 valence electrons. The first-order valence-corrected chi connectivity index (χ1v) is 4.31. The van der Waals surface area contributed by atoms with Crippen LogP contribution in [0.1, 0.15) is 17.3 Å². The SMILES string of the molecule is C=C(C)CONC(=O)c1ccccc1. The molecule has 0 radical (unpaired) electrons. The van der Waals surface area contributed by atoms with Crippen molar-refractivity contribution < 1.29 is 9.63 Å². The first-order valence-electron chi connectivity index (χ1n) is 4.31. The van der Waals surface area contributed by atoms with Crippen LogP contribution in [0.3, 0.4) is 0 Å². The fraction of sp³-hybridized carbons (Fsp3) is 0.182. The summed E-state index contributed by atoms with van der Waals surface area (Å²) >= 11 is 0. The molecule has 1 N–H and O–H groups in total. The lowest BCUT2D eigenvalue weighted by atomic mass is 10.2. The predicted octanol–water partition coefficient (Wildman–Crippen LogP) is 1.92. The molecule has 0 aliphatic heterocycles. The van der Waals surface area contributed by atoms with Crippen LogP contribution in [0.5, 0.6) is 0 Å². The maximum atomic E-state index is 11.4. The average Bonchev–Trinajstić information content (AvgIpc) is 2.18. The van der Waals surface area contributed by atoms with Crippen LogP contribution in [-0.2, 0) is 4.84 Å². The highest BCUT2D eigenvalue weighted by Gasteiger charge is 2.02. The number of benzene rings is 1. The molecular formula is C11H13NO2. The maximum absolute atomic E-state index is 11.4. The van der Waals surface area contributed by atoms with E-state index in [1.807, 2.05) is 13.0 Å². The van der Waals surface area contributed by atoms with Gasteiger partial charge in [-0.05, 0) is 19.1 Å². The predicted molar refractivity (Wildman–Crippen MR) is 54.7 cm³/mol. The number of amides is 1. The highest BCUT2D eigenvalue weighted by Crippen LogP contribution is 1.97. The van der Waals surface area contributed by atoms with Gasteiger partial charge >= 0.3 is 0 Å². The second-order valence-electron chi connectivity index (χ2n) is 3.04. The molecule has 0 aliphatic rings. The van der Waals surface area contributed by atoms with Gasteiger partial charge in [-0.1, -0.05) is 30.4 Å². The summed E-state index contributed by atoms with van der Waals surface area (Å²) in [5, 5.41) is 0. The van der Waals surface area contributed by atoms with E-state index in [9.17, 15) is 4.79 Å². The Morgan fingerprint density at radius 3 is 2.64 bits per heavy atom. The fourth-order valence-electron chi connectivity index (χ4n) is 0.873. The van der Waals surface area contributed by atoms with Gasteiger partial charge < -0.3 is 0 Å². The number of rotatable bonds is 4. The number of carbonyl (C=O) groups is 1. The third kappa shape index (κ3) is 3.41. The fourth-order valence-corrected chi connectivity index (χ4v) is 0.873. The number of nitrogens with one attached hydrogen (secondary N) is 1. The molecule has 1 aromatic rings. The van der Waals surface area contributed by atoms with Crippen molar-refractivity contribution in [3.8, 4) is 0 Å². The molecule has 0 saturated heterocycles. The molecule has 0 aromatic heterocycles. The van der Waals surface area contributed by atoms with Crippen LogP contribution in [0, 0.1) is 0 Å². The highest BCUT2D eigenvalue weighted by molar-refractivity contribution is 5.93. The molecule has 1 amide bonds. The molecule has 0 unspecified atom stereocenters. The summed E-state index contributed by atoms with van der Waals surface area (Å²) in [6, 6.07) is 8.89. The van der Waals surface area contributed by atoms with E-state index < -0.39 is 0 Å². The van der Waals surface area contributed by atoms with Crippen molar-refractivity contribution in [3.05, 3.63) is 48.0 Å². The Morgan fingerprint density at radius 2 is 2.07 bits per heavy atom. The van der Waals surface area contributed by atoms with E-state index in [0.717, 1.165) is 5.57 Å². The van der Waals surface area contributed by atoms with Crippen LogP contribution in [0.4, 0.5) is 0 Å². The lowest BCUT2D eigenvalue weighted by Crippen LogP contribution is -2.24. The van der Waals surface area contributed by atoms with Crippen LogP contribution in [0.2, 0.25) is 0 Å². The van der Waals surface area contributed by atoms with Crippen molar-refractivity contribution in [3.63, 3.8) is 0 Å².